The maximum absolute atomic E-state index is 10.9. The summed E-state index contributed by atoms with van der Waals surface area (Å²) in [4.78, 5) is 17.1. The van der Waals surface area contributed by atoms with E-state index in [1.807, 2.05) is 24.3 Å². The van der Waals surface area contributed by atoms with E-state index in [0.717, 1.165) is 5.56 Å². The molecule has 0 aliphatic heterocycles. The second kappa shape index (κ2) is 7.62. The molecular formula is C17H21ClN2O3. The Hall–Kier alpha value is -1.85. The normalized spacial score (nSPS) is 12.8. The van der Waals surface area contributed by atoms with E-state index < -0.39 is 5.97 Å². The van der Waals surface area contributed by atoms with Gasteiger partial charge in [0.1, 0.15) is 6.26 Å². The number of aromatic nitrogens is 1. The molecule has 1 heterocycles. The maximum atomic E-state index is 10.9. The van der Waals surface area contributed by atoms with E-state index in [1.165, 1.54) is 6.26 Å². The summed E-state index contributed by atoms with van der Waals surface area (Å²) in [6.07, 6.45) is 1.17. The van der Waals surface area contributed by atoms with Crippen molar-refractivity contribution in [2.24, 2.45) is 5.92 Å². The zero-order valence-electron chi connectivity index (χ0n) is 13.5. The van der Waals surface area contributed by atoms with Gasteiger partial charge >= 0.3 is 5.97 Å². The van der Waals surface area contributed by atoms with Gasteiger partial charge in [0.25, 0.3) is 0 Å². The quantitative estimate of drug-likeness (QED) is 0.825. The van der Waals surface area contributed by atoms with Crippen molar-refractivity contribution in [1.82, 2.24) is 9.88 Å². The van der Waals surface area contributed by atoms with Gasteiger partial charge in [-0.25, -0.2) is 9.78 Å². The van der Waals surface area contributed by atoms with Gasteiger partial charge < -0.3 is 9.52 Å². The lowest BCUT2D eigenvalue weighted by Crippen LogP contribution is -2.36. The molecule has 0 saturated heterocycles. The highest BCUT2D eigenvalue weighted by Crippen LogP contribution is 2.22. The third-order valence-electron chi connectivity index (χ3n) is 3.98. The lowest BCUT2D eigenvalue weighted by atomic mass is 10.0. The molecule has 0 saturated carbocycles. The van der Waals surface area contributed by atoms with Gasteiger partial charge in [-0.1, -0.05) is 43.6 Å². The fourth-order valence-electron chi connectivity index (χ4n) is 2.27. The smallest absolute Gasteiger partial charge is 0.357 e. The fraction of sp³-hybridized carbons (Fsp3) is 0.412. The molecule has 124 valence electrons. The fourth-order valence-corrected chi connectivity index (χ4v) is 2.46. The molecule has 6 heteroatoms. The minimum atomic E-state index is -1.09. The van der Waals surface area contributed by atoms with Crippen molar-refractivity contribution in [1.29, 1.82) is 0 Å². The third kappa shape index (κ3) is 4.56. The minimum absolute atomic E-state index is 0.0742. The topological polar surface area (TPSA) is 66.6 Å². The van der Waals surface area contributed by atoms with Crippen molar-refractivity contribution in [3.05, 3.63) is 52.7 Å². The number of carboxylic acid groups (broad SMARTS) is 1. The number of rotatable bonds is 7. The molecule has 1 N–H and O–H groups in total. The summed E-state index contributed by atoms with van der Waals surface area (Å²) in [5.74, 6) is -0.275. The highest BCUT2D eigenvalue weighted by molar-refractivity contribution is 6.31. The number of hydrogen-bond acceptors (Lipinski definition) is 4. The van der Waals surface area contributed by atoms with E-state index in [4.69, 9.17) is 21.1 Å². The van der Waals surface area contributed by atoms with Crippen LogP contribution in [0.25, 0.3) is 0 Å². The Kier molecular flexibility index (Phi) is 5.80. The van der Waals surface area contributed by atoms with E-state index in [1.54, 1.807) is 0 Å². The van der Waals surface area contributed by atoms with Crippen molar-refractivity contribution in [2.75, 3.05) is 0 Å². The number of aromatic carboxylic acids is 1. The summed E-state index contributed by atoms with van der Waals surface area (Å²) in [5.41, 5.74) is 0.946. The van der Waals surface area contributed by atoms with E-state index in [0.29, 0.717) is 29.9 Å². The van der Waals surface area contributed by atoms with E-state index >= 15 is 0 Å². The molecule has 0 fully saturated rings. The molecule has 0 aliphatic carbocycles. The monoisotopic (exact) mass is 336 g/mol. The Labute approximate surface area is 140 Å². The number of halogens is 1. The molecule has 1 unspecified atom stereocenters. The number of carboxylic acids is 1. The van der Waals surface area contributed by atoms with Gasteiger partial charge in [-0.2, -0.15) is 0 Å². The lowest BCUT2D eigenvalue weighted by molar-refractivity contribution is 0.0690. The Morgan fingerprint density at radius 3 is 2.57 bits per heavy atom. The summed E-state index contributed by atoms with van der Waals surface area (Å²) in [5, 5.41) is 9.66. The van der Waals surface area contributed by atoms with Crippen LogP contribution in [0.4, 0.5) is 0 Å². The van der Waals surface area contributed by atoms with Crippen LogP contribution < -0.4 is 0 Å². The zero-order valence-corrected chi connectivity index (χ0v) is 14.2. The lowest BCUT2D eigenvalue weighted by Gasteiger charge is -2.31. The molecule has 0 aliphatic rings. The van der Waals surface area contributed by atoms with Gasteiger partial charge in [0, 0.05) is 17.6 Å². The second-order valence-corrected chi connectivity index (χ2v) is 6.32. The number of nitrogens with zero attached hydrogens (tertiary/aromatic N) is 2. The summed E-state index contributed by atoms with van der Waals surface area (Å²) < 4.78 is 5.29. The van der Waals surface area contributed by atoms with Gasteiger partial charge in [-0.3, -0.25) is 4.90 Å². The highest BCUT2D eigenvalue weighted by Gasteiger charge is 2.21. The molecule has 0 amide bonds. The first-order chi connectivity index (χ1) is 10.9. The predicted octanol–water partition coefficient (Wildman–Crippen LogP) is 4.07. The molecule has 0 bridgehead atoms. The molecule has 1 atom stereocenters. The van der Waals surface area contributed by atoms with Gasteiger partial charge in [0.05, 0.1) is 6.54 Å². The number of carbonyl (C=O) groups is 1. The number of oxazole rings is 1. The van der Waals surface area contributed by atoms with Crippen molar-refractivity contribution in [3.8, 4) is 0 Å². The molecule has 23 heavy (non-hydrogen) atoms. The Morgan fingerprint density at radius 2 is 2.00 bits per heavy atom. The summed E-state index contributed by atoms with van der Waals surface area (Å²) >= 11 is 6.26. The van der Waals surface area contributed by atoms with Crippen LogP contribution in [0.5, 0.6) is 0 Å². The first kappa shape index (κ1) is 17.5. The van der Waals surface area contributed by atoms with Crippen LogP contribution in [0.15, 0.2) is 34.9 Å². The van der Waals surface area contributed by atoms with Gasteiger partial charge in [-0.15, -0.1) is 0 Å². The van der Waals surface area contributed by atoms with Crippen molar-refractivity contribution < 1.29 is 14.3 Å². The number of hydrogen-bond donors (Lipinski definition) is 1. The average molecular weight is 337 g/mol. The predicted molar refractivity (Wildman–Crippen MR) is 88.5 cm³/mol. The van der Waals surface area contributed by atoms with E-state index in [9.17, 15) is 4.79 Å². The molecule has 2 aromatic rings. The summed E-state index contributed by atoms with van der Waals surface area (Å²) in [6.45, 7) is 7.48. The highest BCUT2D eigenvalue weighted by atomic mass is 35.5. The Morgan fingerprint density at radius 1 is 1.30 bits per heavy atom. The van der Waals surface area contributed by atoms with Gasteiger partial charge in [0.2, 0.25) is 5.89 Å². The van der Waals surface area contributed by atoms with Crippen LogP contribution in [0, 0.1) is 5.92 Å². The summed E-state index contributed by atoms with van der Waals surface area (Å²) in [7, 11) is 0. The van der Waals surface area contributed by atoms with Crippen molar-refractivity contribution in [3.63, 3.8) is 0 Å². The van der Waals surface area contributed by atoms with Crippen LogP contribution in [0.1, 0.15) is 42.7 Å². The largest absolute Gasteiger partial charge is 0.476 e. The van der Waals surface area contributed by atoms with Crippen LogP contribution in [-0.4, -0.2) is 27.0 Å². The van der Waals surface area contributed by atoms with Crippen LogP contribution >= 0.6 is 11.6 Å². The molecule has 5 nitrogen and oxygen atoms in total. The van der Waals surface area contributed by atoms with Crippen molar-refractivity contribution >= 4 is 17.6 Å². The molecule has 1 aromatic heterocycles. The molecule has 0 spiro atoms. The molecule has 0 radical (unpaired) electrons. The average Bonchev–Trinajstić information content (AvgIpc) is 2.96. The second-order valence-electron chi connectivity index (χ2n) is 5.91. The van der Waals surface area contributed by atoms with Crippen molar-refractivity contribution in [2.45, 2.75) is 39.9 Å². The van der Waals surface area contributed by atoms with Gasteiger partial charge in [-0.05, 0) is 24.5 Å². The zero-order chi connectivity index (χ0) is 17.0. The summed E-state index contributed by atoms with van der Waals surface area (Å²) in [6, 6.07) is 7.96. The first-order valence-corrected chi connectivity index (χ1v) is 7.91. The molecular weight excluding hydrogens is 316 g/mol. The van der Waals surface area contributed by atoms with Crippen LogP contribution in [0.3, 0.4) is 0 Å². The van der Waals surface area contributed by atoms with E-state index in [-0.39, 0.29) is 11.7 Å². The van der Waals surface area contributed by atoms with Crippen LogP contribution in [0.2, 0.25) is 5.02 Å². The van der Waals surface area contributed by atoms with Crippen LogP contribution in [-0.2, 0) is 13.1 Å². The molecule has 2 rings (SSSR count). The molecule has 1 aromatic carbocycles. The Balaban J connectivity index is 2.20. The van der Waals surface area contributed by atoms with Gasteiger partial charge in [0.15, 0.2) is 5.69 Å². The number of benzene rings is 1. The third-order valence-corrected chi connectivity index (χ3v) is 4.35. The standard InChI is InChI=1S/C17H21ClN2O3/c1-11(2)12(3)20(8-13-6-4-5-7-14(13)18)9-16-19-15(10-23-16)17(21)22/h4-7,10-12H,8-9H2,1-3H3,(H,21,22). The maximum Gasteiger partial charge on any atom is 0.357 e. The SMILES string of the molecule is CC(C)C(C)N(Cc1nc(C(=O)O)co1)Cc1ccccc1Cl. The first-order valence-electron chi connectivity index (χ1n) is 7.53. The Bertz CT molecular complexity index is 669. The minimum Gasteiger partial charge on any atom is -0.476 e. The van der Waals surface area contributed by atoms with E-state index in [2.05, 4.69) is 30.7 Å².